The van der Waals surface area contributed by atoms with E-state index in [2.05, 4.69) is 160 Å². The van der Waals surface area contributed by atoms with Gasteiger partial charge in [-0.2, -0.15) is 0 Å². The average Bonchev–Trinajstić information content (AvgIpc) is 3.67. The SMILES string of the molecule is CCN(CC)c1ccc(N)c(S(=O)(=S)OO)c1.CC[N+](CC)=c1ccc2nc3c(cc(NCCCCCC(=O)O)c4ccccc43)sc-2c1.CC[N+](CC)=c1ccc2nc3c(cc(NCCCCCCN)c4ccccc43)sc-2c1.[Cl-].[Cl-]. The Morgan fingerprint density at radius 1 is 0.634 bits per heavy atom. The second-order valence-electron chi connectivity index (χ2n) is 19.4. The molecule has 8 N–H and O–H groups in total. The lowest BCUT2D eigenvalue weighted by Gasteiger charge is -2.22. The molecule has 4 aliphatic rings. The fourth-order valence-corrected chi connectivity index (χ4v) is 13.2. The minimum absolute atomic E-state index is 0. The van der Waals surface area contributed by atoms with Crippen LogP contribution in [0.3, 0.4) is 0 Å². The third-order valence-electron chi connectivity index (χ3n) is 14.3. The van der Waals surface area contributed by atoms with Crippen LogP contribution in [0.25, 0.3) is 63.1 Å². The van der Waals surface area contributed by atoms with E-state index >= 15 is 0 Å². The molecule has 0 spiro atoms. The van der Waals surface area contributed by atoms with Crippen molar-refractivity contribution in [2.45, 2.75) is 97.8 Å². The number of nitrogens with zero attached hydrogens (tertiary/aromatic N) is 5. The Labute approximate surface area is 508 Å². The van der Waals surface area contributed by atoms with Gasteiger partial charge in [0.1, 0.15) is 26.2 Å². The van der Waals surface area contributed by atoms with Crippen LogP contribution in [-0.4, -0.2) is 89.4 Å². The highest BCUT2D eigenvalue weighted by atomic mass is 35.5. The number of halogens is 2. The molecule has 0 bridgehead atoms. The Balaban J connectivity index is 0.000000233. The molecule has 0 saturated heterocycles. The van der Waals surface area contributed by atoms with Gasteiger partial charge in [0.05, 0.1) is 52.2 Å². The molecule has 20 heteroatoms. The van der Waals surface area contributed by atoms with E-state index < -0.39 is 14.7 Å². The summed E-state index contributed by atoms with van der Waals surface area (Å²) in [6.45, 7) is 21.0. The molecule has 5 aromatic carbocycles. The molecule has 2 aliphatic heterocycles. The van der Waals surface area contributed by atoms with E-state index in [1.165, 1.54) is 71.0 Å². The van der Waals surface area contributed by atoms with Gasteiger partial charge in [-0.05, 0) is 116 Å². The van der Waals surface area contributed by atoms with Crippen LogP contribution in [-0.2, 0) is 29.1 Å². The van der Waals surface area contributed by atoms with Gasteiger partial charge >= 0.3 is 5.97 Å². The van der Waals surface area contributed by atoms with Crippen LogP contribution in [0.1, 0.15) is 92.9 Å². The molecule has 0 fully saturated rings. The van der Waals surface area contributed by atoms with Crippen LogP contribution < -0.4 is 71.7 Å². The number of nitrogen functional groups attached to an aromatic ring is 1. The quantitative estimate of drug-likeness (QED) is 0.00790. The fourth-order valence-electron chi connectivity index (χ4n) is 9.96. The van der Waals surface area contributed by atoms with Crippen molar-refractivity contribution in [3.05, 3.63) is 126 Å². The molecule has 9 rings (SSSR count). The number of aromatic nitrogens is 2. The molecule has 2 heterocycles. The minimum atomic E-state index is -3.36. The van der Waals surface area contributed by atoms with Crippen molar-refractivity contribution in [2.75, 3.05) is 80.2 Å². The first kappa shape index (κ1) is 67.0. The third-order valence-corrected chi connectivity index (χ3v) is 18.3. The largest absolute Gasteiger partial charge is 1.00 e. The molecular formula is C62H79Cl2N9O5S4. The van der Waals surface area contributed by atoms with Crippen LogP contribution in [0.15, 0.2) is 120 Å². The lowest BCUT2D eigenvalue weighted by atomic mass is 10.1. The number of fused-ring (bicyclic) bond motifs is 8. The summed E-state index contributed by atoms with van der Waals surface area (Å²) >= 11 is 8.30. The molecule has 0 amide bonds. The van der Waals surface area contributed by atoms with Gasteiger partial charge in [0, 0.05) is 107 Å². The summed E-state index contributed by atoms with van der Waals surface area (Å²) in [6, 6.07) is 39.8. The van der Waals surface area contributed by atoms with Crippen LogP contribution in [0.5, 0.6) is 0 Å². The molecule has 5 aromatic rings. The maximum Gasteiger partial charge on any atom is 0.303 e. The first-order valence-corrected chi connectivity index (χ1v) is 32.2. The maximum absolute atomic E-state index is 11.8. The zero-order valence-corrected chi connectivity index (χ0v) is 52.7. The Morgan fingerprint density at radius 3 is 1.51 bits per heavy atom. The summed E-state index contributed by atoms with van der Waals surface area (Å²) in [7, 11) is -3.36. The fraction of sp³-hybridized carbons (Fsp3) is 0.371. The van der Waals surface area contributed by atoms with E-state index in [1.807, 2.05) is 36.2 Å². The normalized spacial score (nSPS) is 11.7. The van der Waals surface area contributed by atoms with Crippen molar-refractivity contribution < 1.29 is 48.5 Å². The number of carboxylic acids is 1. The molecule has 440 valence electrons. The number of nitrogens with two attached hydrogens (primary N) is 2. The lowest BCUT2D eigenvalue weighted by Crippen LogP contribution is -3.00. The highest BCUT2D eigenvalue weighted by Crippen LogP contribution is 2.39. The van der Waals surface area contributed by atoms with Crippen molar-refractivity contribution in [1.29, 1.82) is 0 Å². The predicted molar refractivity (Wildman–Crippen MR) is 343 cm³/mol. The van der Waals surface area contributed by atoms with E-state index in [9.17, 15) is 9.00 Å². The zero-order valence-electron chi connectivity index (χ0n) is 47.9. The maximum atomic E-state index is 11.8. The minimum Gasteiger partial charge on any atom is -1.00 e. The number of anilines is 4. The second kappa shape index (κ2) is 32.9. The number of benzene rings is 7. The number of hydrogen-bond donors (Lipinski definition) is 6. The van der Waals surface area contributed by atoms with Gasteiger partial charge in [0.25, 0.3) is 0 Å². The highest BCUT2D eigenvalue weighted by Gasteiger charge is 2.18. The first-order valence-electron chi connectivity index (χ1n) is 28.1. The number of rotatable bonds is 23. The van der Waals surface area contributed by atoms with E-state index in [-0.39, 0.29) is 41.8 Å². The molecule has 1 atom stereocenters. The number of carbonyl (C=O) groups is 1. The molecule has 14 nitrogen and oxygen atoms in total. The standard InChI is InChI=1S/C26H32N4S.C26H29N3O2S.C10H16N2O3S2.2ClH/c1-3-30(4-2)19-13-14-22-24(17-19)31-25-18-23(28-16-10-6-5-9-15-27)20-11-7-8-12-21(20)26(25)29-22;1-3-29(4-2)18-13-14-21-23(16-18)32-24-17-22(27-15-9-5-6-12-25(30)31)19-10-7-8-11-20(19)26(24)28-21;1-3-12(4-2)8-5-6-9(11)10(7-8)17(14,16)15-13;;/h7-8,11-14,17-18H,3-6,9-10,15-16,27H2,1-2H3;7-8,10-11,13-14,16-17H,3-6,9,12,15H2,1-2H3,(H,30,31);5-7,13H,3-4,11H2,1-2H3;2*1H. The summed E-state index contributed by atoms with van der Waals surface area (Å²) in [6.07, 6.45) is 7.55. The van der Waals surface area contributed by atoms with Gasteiger partial charge in [-0.15, -0.1) is 27.0 Å². The van der Waals surface area contributed by atoms with E-state index in [1.54, 1.807) is 23.5 Å². The second-order valence-corrected chi connectivity index (χ2v) is 24.4. The van der Waals surface area contributed by atoms with Gasteiger partial charge in [0.15, 0.2) is 0 Å². The summed E-state index contributed by atoms with van der Waals surface area (Å²) < 4.78 is 22.8. The van der Waals surface area contributed by atoms with Crippen LogP contribution in [0.4, 0.5) is 22.7 Å². The smallest absolute Gasteiger partial charge is 0.303 e. The summed E-state index contributed by atoms with van der Waals surface area (Å²) in [5.41, 5.74) is 18.9. The molecular weight excluding hydrogens is 1150 g/mol. The Morgan fingerprint density at radius 2 is 1.09 bits per heavy atom. The van der Waals surface area contributed by atoms with E-state index in [0.717, 1.165) is 124 Å². The Bertz CT molecular complexity index is 3730. The van der Waals surface area contributed by atoms with E-state index in [4.69, 9.17) is 31.8 Å². The van der Waals surface area contributed by atoms with Crippen LogP contribution >= 0.6 is 22.7 Å². The number of unbranched alkanes of at least 4 members (excludes halogenated alkanes) is 5. The van der Waals surface area contributed by atoms with Crippen LogP contribution in [0, 0.1) is 0 Å². The molecule has 0 radical (unpaired) electrons. The molecule has 0 saturated carbocycles. The predicted octanol–water partition coefficient (Wildman–Crippen LogP) is 6.35. The van der Waals surface area contributed by atoms with Gasteiger partial charge in [-0.25, -0.2) is 28.6 Å². The summed E-state index contributed by atoms with van der Waals surface area (Å²) in [4.78, 5) is 25.4. The van der Waals surface area contributed by atoms with Gasteiger partial charge in [0.2, 0.25) is 19.5 Å². The summed E-state index contributed by atoms with van der Waals surface area (Å²) in [5, 5.41) is 31.9. The van der Waals surface area contributed by atoms with Gasteiger partial charge < -0.3 is 56.9 Å². The Kier molecular flexibility index (Phi) is 26.9. The van der Waals surface area contributed by atoms with Crippen molar-refractivity contribution in [1.82, 2.24) is 19.1 Å². The van der Waals surface area contributed by atoms with Gasteiger partial charge in [-0.1, -0.05) is 67.8 Å². The number of carboxylic acid groups (broad SMARTS) is 1. The number of nitrogens with one attached hydrogen (secondary N) is 2. The van der Waals surface area contributed by atoms with Crippen molar-refractivity contribution >= 4 is 113 Å². The molecule has 0 aromatic heterocycles. The summed E-state index contributed by atoms with van der Waals surface area (Å²) in [5.74, 6) is -0.719. The molecule has 1 unspecified atom stereocenters. The Hall–Kier alpha value is -5.80. The first-order chi connectivity index (χ1) is 38.8. The van der Waals surface area contributed by atoms with Crippen LogP contribution in [0.2, 0.25) is 0 Å². The van der Waals surface area contributed by atoms with Crippen molar-refractivity contribution in [2.24, 2.45) is 5.73 Å². The van der Waals surface area contributed by atoms with E-state index in [0.29, 0.717) is 0 Å². The monoisotopic (exact) mass is 1230 g/mol. The number of hydrogen-bond acceptors (Lipinski definition) is 14. The van der Waals surface area contributed by atoms with Crippen molar-refractivity contribution in [3.8, 4) is 21.1 Å². The molecule has 2 aliphatic carbocycles. The number of aliphatic carboxylic acids is 1. The molecule has 82 heavy (non-hydrogen) atoms. The highest BCUT2D eigenvalue weighted by molar-refractivity contribution is 8.30. The third kappa shape index (κ3) is 16.9. The topological polar surface area (TPSA) is 195 Å². The van der Waals surface area contributed by atoms with Gasteiger partial charge in [-0.3, -0.25) is 4.79 Å². The average molecular weight is 1230 g/mol. The van der Waals surface area contributed by atoms with Crippen molar-refractivity contribution in [3.63, 3.8) is 0 Å². The lowest BCUT2D eigenvalue weighted by molar-refractivity contribution is -0.137. The zero-order chi connectivity index (χ0) is 57.2.